The van der Waals surface area contributed by atoms with Crippen LogP contribution in [0.25, 0.3) is 11.1 Å². The number of hydrogen-bond acceptors (Lipinski definition) is 2. The van der Waals surface area contributed by atoms with Gasteiger partial charge in [-0.15, -0.1) is 0 Å². The summed E-state index contributed by atoms with van der Waals surface area (Å²) in [5.41, 5.74) is 2.23. The molecule has 2 aromatic rings. The SMILES string of the molecule is COc1cccc(-c2ccncc2Br)c1. The molecule has 0 aliphatic rings. The van der Waals surface area contributed by atoms with Gasteiger partial charge in [0.25, 0.3) is 0 Å². The first-order chi connectivity index (χ1) is 7.31. The molecule has 2 nitrogen and oxygen atoms in total. The van der Waals surface area contributed by atoms with Crippen molar-refractivity contribution in [1.29, 1.82) is 0 Å². The second kappa shape index (κ2) is 4.45. The summed E-state index contributed by atoms with van der Waals surface area (Å²) in [5, 5.41) is 0. The van der Waals surface area contributed by atoms with Crippen molar-refractivity contribution in [1.82, 2.24) is 4.98 Å². The third-order valence-electron chi connectivity index (χ3n) is 2.15. The molecule has 15 heavy (non-hydrogen) atoms. The molecule has 0 radical (unpaired) electrons. The maximum atomic E-state index is 5.19. The van der Waals surface area contributed by atoms with Crippen molar-refractivity contribution in [2.24, 2.45) is 0 Å². The first-order valence-corrected chi connectivity index (χ1v) is 5.34. The van der Waals surface area contributed by atoms with Crippen LogP contribution in [0.2, 0.25) is 0 Å². The highest BCUT2D eigenvalue weighted by molar-refractivity contribution is 9.10. The molecule has 1 aromatic carbocycles. The topological polar surface area (TPSA) is 22.1 Å². The second-order valence-corrected chi connectivity index (χ2v) is 3.94. The van der Waals surface area contributed by atoms with E-state index in [1.54, 1.807) is 19.5 Å². The van der Waals surface area contributed by atoms with Gasteiger partial charge in [-0.2, -0.15) is 0 Å². The third-order valence-corrected chi connectivity index (χ3v) is 2.79. The molecule has 3 heteroatoms. The van der Waals surface area contributed by atoms with Crippen LogP contribution in [0.5, 0.6) is 5.75 Å². The molecule has 0 spiro atoms. The average Bonchev–Trinajstić information content (AvgIpc) is 2.30. The van der Waals surface area contributed by atoms with E-state index in [1.807, 2.05) is 30.3 Å². The van der Waals surface area contributed by atoms with E-state index in [4.69, 9.17) is 4.74 Å². The number of aromatic nitrogens is 1. The van der Waals surface area contributed by atoms with E-state index in [1.165, 1.54) is 0 Å². The van der Waals surface area contributed by atoms with Crippen LogP contribution in [0.4, 0.5) is 0 Å². The van der Waals surface area contributed by atoms with Crippen molar-refractivity contribution in [3.8, 4) is 16.9 Å². The summed E-state index contributed by atoms with van der Waals surface area (Å²) in [6.45, 7) is 0. The molecule has 0 N–H and O–H groups in total. The Kier molecular flexibility index (Phi) is 3.02. The Morgan fingerprint density at radius 3 is 2.87 bits per heavy atom. The van der Waals surface area contributed by atoms with Crippen LogP contribution >= 0.6 is 15.9 Å². The standard InChI is InChI=1S/C12H10BrNO/c1-15-10-4-2-3-9(7-10)11-5-6-14-8-12(11)13/h2-8H,1H3. The third kappa shape index (κ3) is 2.18. The molecule has 0 amide bonds. The molecule has 0 saturated heterocycles. The van der Waals surface area contributed by atoms with Crippen molar-refractivity contribution < 1.29 is 4.74 Å². The van der Waals surface area contributed by atoms with Crippen molar-refractivity contribution in [3.05, 3.63) is 47.2 Å². The van der Waals surface area contributed by atoms with Crippen LogP contribution in [0.1, 0.15) is 0 Å². The Morgan fingerprint density at radius 1 is 1.27 bits per heavy atom. The largest absolute Gasteiger partial charge is 0.497 e. The van der Waals surface area contributed by atoms with Gasteiger partial charge in [0, 0.05) is 16.9 Å². The summed E-state index contributed by atoms with van der Waals surface area (Å²) < 4.78 is 6.17. The van der Waals surface area contributed by atoms with Gasteiger partial charge in [0.2, 0.25) is 0 Å². The lowest BCUT2D eigenvalue weighted by Crippen LogP contribution is -1.85. The lowest BCUT2D eigenvalue weighted by molar-refractivity contribution is 0.415. The fraction of sp³-hybridized carbons (Fsp3) is 0.0833. The summed E-state index contributed by atoms with van der Waals surface area (Å²) in [6.07, 6.45) is 3.56. The van der Waals surface area contributed by atoms with Crippen LogP contribution in [0.15, 0.2) is 47.2 Å². The minimum atomic E-state index is 0.858. The quantitative estimate of drug-likeness (QED) is 0.827. The highest BCUT2D eigenvalue weighted by Gasteiger charge is 2.03. The van der Waals surface area contributed by atoms with Crippen LogP contribution in [0, 0.1) is 0 Å². The Labute approximate surface area is 97.1 Å². The molecular weight excluding hydrogens is 254 g/mol. The molecule has 76 valence electrons. The fourth-order valence-corrected chi connectivity index (χ4v) is 1.88. The van der Waals surface area contributed by atoms with Gasteiger partial charge in [0.05, 0.1) is 7.11 Å². The molecule has 0 unspecified atom stereocenters. The Morgan fingerprint density at radius 2 is 2.13 bits per heavy atom. The summed E-state index contributed by atoms with van der Waals surface area (Å²) in [4.78, 5) is 4.03. The minimum Gasteiger partial charge on any atom is -0.497 e. The molecule has 0 bridgehead atoms. The number of hydrogen-bond donors (Lipinski definition) is 0. The molecule has 0 aliphatic carbocycles. The number of rotatable bonds is 2. The molecule has 2 rings (SSSR count). The summed E-state index contributed by atoms with van der Waals surface area (Å²) in [6, 6.07) is 9.92. The van der Waals surface area contributed by atoms with Gasteiger partial charge in [-0.05, 0) is 45.3 Å². The van der Waals surface area contributed by atoms with Crippen molar-refractivity contribution >= 4 is 15.9 Å². The number of nitrogens with zero attached hydrogens (tertiary/aromatic N) is 1. The smallest absolute Gasteiger partial charge is 0.119 e. The Hall–Kier alpha value is -1.35. The maximum Gasteiger partial charge on any atom is 0.119 e. The average molecular weight is 264 g/mol. The van der Waals surface area contributed by atoms with Crippen LogP contribution in [-0.2, 0) is 0 Å². The van der Waals surface area contributed by atoms with Gasteiger partial charge in [0.1, 0.15) is 5.75 Å². The van der Waals surface area contributed by atoms with E-state index in [2.05, 4.69) is 20.9 Å². The predicted molar refractivity (Wildman–Crippen MR) is 63.9 cm³/mol. The van der Waals surface area contributed by atoms with E-state index in [0.717, 1.165) is 21.3 Å². The minimum absolute atomic E-state index is 0.858. The molecule has 0 fully saturated rings. The van der Waals surface area contributed by atoms with Crippen LogP contribution < -0.4 is 4.74 Å². The molecule has 0 saturated carbocycles. The lowest BCUT2D eigenvalue weighted by atomic mass is 10.1. The monoisotopic (exact) mass is 263 g/mol. The van der Waals surface area contributed by atoms with E-state index in [-0.39, 0.29) is 0 Å². The van der Waals surface area contributed by atoms with Gasteiger partial charge < -0.3 is 4.74 Å². The zero-order valence-corrected chi connectivity index (χ0v) is 9.86. The molecule has 0 aliphatic heterocycles. The predicted octanol–water partition coefficient (Wildman–Crippen LogP) is 3.52. The zero-order chi connectivity index (χ0) is 10.7. The Bertz CT molecular complexity index is 471. The number of pyridine rings is 1. The summed E-state index contributed by atoms with van der Waals surface area (Å²) >= 11 is 3.48. The normalized spacial score (nSPS) is 10.0. The highest BCUT2D eigenvalue weighted by atomic mass is 79.9. The van der Waals surface area contributed by atoms with E-state index in [9.17, 15) is 0 Å². The number of benzene rings is 1. The van der Waals surface area contributed by atoms with Crippen molar-refractivity contribution in [2.45, 2.75) is 0 Å². The number of ether oxygens (including phenoxy) is 1. The van der Waals surface area contributed by atoms with Crippen molar-refractivity contribution in [2.75, 3.05) is 7.11 Å². The first kappa shape index (κ1) is 10.2. The molecule has 1 heterocycles. The molecular formula is C12H10BrNO. The van der Waals surface area contributed by atoms with E-state index < -0.39 is 0 Å². The maximum absolute atomic E-state index is 5.19. The first-order valence-electron chi connectivity index (χ1n) is 4.55. The van der Waals surface area contributed by atoms with Gasteiger partial charge in [-0.3, -0.25) is 4.98 Å². The lowest BCUT2D eigenvalue weighted by Gasteiger charge is -2.05. The van der Waals surface area contributed by atoms with Crippen LogP contribution in [-0.4, -0.2) is 12.1 Å². The van der Waals surface area contributed by atoms with Gasteiger partial charge in [0.15, 0.2) is 0 Å². The van der Waals surface area contributed by atoms with Crippen LogP contribution in [0.3, 0.4) is 0 Å². The zero-order valence-electron chi connectivity index (χ0n) is 8.27. The van der Waals surface area contributed by atoms with E-state index >= 15 is 0 Å². The summed E-state index contributed by atoms with van der Waals surface area (Å²) in [5.74, 6) is 0.858. The number of halogens is 1. The highest BCUT2D eigenvalue weighted by Crippen LogP contribution is 2.29. The Balaban J connectivity index is 2.49. The van der Waals surface area contributed by atoms with Gasteiger partial charge in [-0.1, -0.05) is 12.1 Å². The van der Waals surface area contributed by atoms with Gasteiger partial charge >= 0.3 is 0 Å². The second-order valence-electron chi connectivity index (χ2n) is 3.09. The number of methoxy groups -OCH3 is 1. The van der Waals surface area contributed by atoms with Crippen molar-refractivity contribution in [3.63, 3.8) is 0 Å². The van der Waals surface area contributed by atoms with E-state index in [0.29, 0.717) is 0 Å². The molecule has 1 aromatic heterocycles. The molecule has 0 atom stereocenters. The summed E-state index contributed by atoms with van der Waals surface area (Å²) in [7, 11) is 1.67. The fourth-order valence-electron chi connectivity index (χ4n) is 1.40. The van der Waals surface area contributed by atoms with Gasteiger partial charge in [-0.25, -0.2) is 0 Å².